The zero-order valence-corrected chi connectivity index (χ0v) is 9.93. The molecule has 2 unspecified atom stereocenters. The molecule has 2 atom stereocenters. The highest BCUT2D eigenvalue weighted by atomic mass is 16.4. The molecule has 1 aliphatic rings. The lowest BCUT2D eigenvalue weighted by atomic mass is 9.82. The van der Waals surface area contributed by atoms with Crippen molar-refractivity contribution in [2.24, 2.45) is 11.8 Å². The molecule has 0 saturated carbocycles. The number of hydrogen-bond donors (Lipinski definition) is 2. The van der Waals surface area contributed by atoms with Crippen molar-refractivity contribution in [1.82, 2.24) is 5.32 Å². The van der Waals surface area contributed by atoms with Gasteiger partial charge < -0.3 is 10.4 Å². The van der Waals surface area contributed by atoms with Crippen LogP contribution in [0.25, 0.3) is 0 Å². The van der Waals surface area contributed by atoms with Gasteiger partial charge in [-0.3, -0.25) is 4.79 Å². The number of carboxylic acids is 1. The van der Waals surface area contributed by atoms with Crippen LogP contribution in [0, 0.1) is 11.8 Å². The van der Waals surface area contributed by atoms with Crippen LogP contribution in [0.3, 0.4) is 0 Å². The zero-order chi connectivity index (χ0) is 12.1. The maximum Gasteiger partial charge on any atom is 0.308 e. The van der Waals surface area contributed by atoms with Crippen molar-refractivity contribution in [2.75, 3.05) is 13.1 Å². The number of aryl methyl sites for hydroxylation is 1. The van der Waals surface area contributed by atoms with Gasteiger partial charge in [0.05, 0.1) is 5.92 Å². The summed E-state index contributed by atoms with van der Waals surface area (Å²) in [5.41, 5.74) is 1.30. The van der Waals surface area contributed by atoms with E-state index in [1.165, 1.54) is 5.56 Å². The molecular formula is C14H19NO2. The summed E-state index contributed by atoms with van der Waals surface area (Å²) < 4.78 is 0. The molecule has 0 bridgehead atoms. The Kier molecular flexibility index (Phi) is 4.15. The lowest BCUT2D eigenvalue weighted by Gasteiger charge is -2.29. The van der Waals surface area contributed by atoms with E-state index in [1.807, 2.05) is 18.2 Å². The molecule has 2 N–H and O–H groups in total. The molecule has 1 fully saturated rings. The smallest absolute Gasteiger partial charge is 0.308 e. The summed E-state index contributed by atoms with van der Waals surface area (Å²) in [5.74, 6) is -0.559. The van der Waals surface area contributed by atoms with Gasteiger partial charge in [-0.25, -0.2) is 0 Å². The van der Waals surface area contributed by atoms with Gasteiger partial charge in [-0.2, -0.15) is 0 Å². The van der Waals surface area contributed by atoms with E-state index in [4.69, 9.17) is 5.11 Å². The fourth-order valence-corrected chi connectivity index (χ4v) is 2.54. The van der Waals surface area contributed by atoms with Gasteiger partial charge in [-0.15, -0.1) is 0 Å². The molecule has 1 heterocycles. The van der Waals surface area contributed by atoms with Gasteiger partial charge in [0, 0.05) is 6.54 Å². The van der Waals surface area contributed by atoms with Gasteiger partial charge in [0.2, 0.25) is 0 Å². The van der Waals surface area contributed by atoms with Crippen LogP contribution < -0.4 is 5.32 Å². The Labute approximate surface area is 102 Å². The first-order valence-electron chi connectivity index (χ1n) is 6.25. The third-order valence-electron chi connectivity index (χ3n) is 3.59. The van der Waals surface area contributed by atoms with E-state index < -0.39 is 5.97 Å². The molecule has 1 aliphatic heterocycles. The molecule has 0 amide bonds. The summed E-state index contributed by atoms with van der Waals surface area (Å²) in [6.07, 6.45) is 2.93. The van der Waals surface area contributed by atoms with Gasteiger partial charge in [0.1, 0.15) is 0 Å². The van der Waals surface area contributed by atoms with Gasteiger partial charge in [-0.1, -0.05) is 30.3 Å². The van der Waals surface area contributed by atoms with E-state index in [0.717, 1.165) is 25.8 Å². The highest BCUT2D eigenvalue weighted by Gasteiger charge is 2.30. The summed E-state index contributed by atoms with van der Waals surface area (Å²) >= 11 is 0. The van der Waals surface area contributed by atoms with E-state index >= 15 is 0 Å². The minimum absolute atomic E-state index is 0.215. The minimum Gasteiger partial charge on any atom is -0.481 e. The van der Waals surface area contributed by atoms with Crippen molar-refractivity contribution in [2.45, 2.75) is 19.3 Å². The van der Waals surface area contributed by atoms with Gasteiger partial charge in [-0.05, 0) is 37.3 Å². The number of carbonyl (C=O) groups is 1. The van der Waals surface area contributed by atoms with Gasteiger partial charge in [0.25, 0.3) is 0 Å². The van der Waals surface area contributed by atoms with E-state index in [2.05, 4.69) is 17.4 Å². The third kappa shape index (κ3) is 3.30. The largest absolute Gasteiger partial charge is 0.481 e. The lowest BCUT2D eigenvalue weighted by molar-refractivity contribution is -0.144. The van der Waals surface area contributed by atoms with Crippen LogP contribution in [0.4, 0.5) is 0 Å². The molecular weight excluding hydrogens is 214 g/mol. The quantitative estimate of drug-likeness (QED) is 0.835. The SMILES string of the molecule is O=C(O)C1CNCCC1CCc1ccccc1. The molecule has 17 heavy (non-hydrogen) atoms. The molecule has 3 nitrogen and oxygen atoms in total. The van der Waals surface area contributed by atoms with Crippen molar-refractivity contribution in [3.05, 3.63) is 35.9 Å². The standard InChI is InChI=1S/C14H19NO2/c16-14(17)13-10-15-9-8-12(13)7-6-11-4-2-1-3-5-11/h1-5,12-13,15H,6-10H2,(H,16,17). The molecule has 1 aromatic carbocycles. The molecule has 0 spiro atoms. The summed E-state index contributed by atoms with van der Waals surface area (Å²) in [4.78, 5) is 11.1. The number of aliphatic carboxylic acids is 1. The second kappa shape index (κ2) is 5.82. The first kappa shape index (κ1) is 12.1. The monoisotopic (exact) mass is 233 g/mol. The average Bonchev–Trinajstić information content (AvgIpc) is 2.38. The molecule has 92 valence electrons. The van der Waals surface area contributed by atoms with Gasteiger partial charge >= 0.3 is 5.97 Å². The molecule has 0 radical (unpaired) electrons. The van der Waals surface area contributed by atoms with Crippen LogP contribution in [-0.2, 0) is 11.2 Å². The molecule has 3 heteroatoms. The topological polar surface area (TPSA) is 49.3 Å². The summed E-state index contributed by atoms with van der Waals surface area (Å²) in [6.45, 7) is 1.57. The van der Waals surface area contributed by atoms with Crippen LogP contribution in [0.15, 0.2) is 30.3 Å². The predicted molar refractivity (Wildman–Crippen MR) is 66.9 cm³/mol. The number of nitrogens with one attached hydrogen (secondary N) is 1. The van der Waals surface area contributed by atoms with Crippen LogP contribution in [0.1, 0.15) is 18.4 Å². The second-order valence-electron chi connectivity index (χ2n) is 4.72. The maximum absolute atomic E-state index is 11.1. The lowest BCUT2D eigenvalue weighted by Crippen LogP contribution is -2.41. The number of benzene rings is 1. The van der Waals surface area contributed by atoms with E-state index in [0.29, 0.717) is 12.5 Å². The summed E-state index contributed by atoms with van der Waals surface area (Å²) in [5, 5.41) is 12.3. The maximum atomic E-state index is 11.1. The van der Waals surface area contributed by atoms with E-state index in [-0.39, 0.29) is 5.92 Å². The van der Waals surface area contributed by atoms with E-state index in [1.54, 1.807) is 0 Å². The molecule has 0 aliphatic carbocycles. The van der Waals surface area contributed by atoms with Gasteiger partial charge in [0.15, 0.2) is 0 Å². The molecule has 2 rings (SSSR count). The van der Waals surface area contributed by atoms with E-state index in [9.17, 15) is 4.79 Å². The summed E-state index contributed by atoms with van der Waals surface area (Å²) in [7, 11) is 0. The zero-order valence-electron chi connectivity index (χ0n) is 9.93. The molecule has 0 aromatic heterocycles. The Balaban J connectivity index is 1.90. The fourth-order valence-electron chi connectivity index (χ4n) is 2.54. The van der Waals surface area contributed by atoms with Crippen molar-refractivity contribution in [1.29, 1.82) is 0 Å². The van der Waals surface area contributed by atoms with Crippen molar-refractivity contribution >= 4 is 5.97 Å². The predicted octanol–water partition coefficient (Wildman–Crippen LogP) is 1.93. The van der Waals surface area contributed by atoms with Crippen LogP contribution in [-0.4, -0.2) is 24.2 Å². The average molecular weight is 233 g/mol. The Morgan fingerprint density at radius 2 is 2.12 bits per heavy atom. The normalized spacial score (nSPS) is 24.5. The number of rotatable bonds is 4. The first-order valence-corrected chi connectivity index (χ1v) is 6.25. The highest BCUT2D eigenvalue weighted by Crippen LogP contribution is 2.24. The highest BCUT2D eigenvalue weighted by molar-refractivity contribution is 5.70. The third-order valence-corrected chi connectivity index (χ3v) is 3.59. The number of carboxylic acid groups (broad SMARTS) is 1. The summed E-state index contributed by atoms with van der Waals surface area (Å²) in [6, 6.07) is 10.3. The second-order valence-corrected chi connectivity index (χ2v) is 4.72. The first-order chi connectivity index (χ1) is 8.27. The Hall–Kier alpha value is -1.35. The Morgan fingerprint density at radius 3 is 2.82 bits per heavy atom. The van der Waals surface area contributed by atoms with Crippen molar-refractivity contribution < 1.29 is 9.90 Å². The number of hydrogen-bond acceptors (Lipinski definition) is 2. The van der Waals surface area contributed by atoms with Crippen molar-refractivity contribution in [3.8, 4) is 0 Å². The van der Waals surface area contributed by atoms with Crippen LogP contribution in [0.2, 0.25) is 0 Å². The minimum atomic E-state index is -0.657. The Bertz CT molecular complexity index is 364. The molecule has 1 aromatic rings. The van der Waals surface area contributed by atoms with Crippen molar-refractivity contribution in [3.63, 3.8) is 0 Å². The fraction of sp³-hybridized carbons (Fsp3) is 0.500. The van der Waals surface area contributed by atoms with Crippen LogP contribution >= 0.6 is 0 Å². The Morgan fingerprint density at radius 1 is 1.35 bits per heavy atom. The van der Waals surface area contributed by atoms with Crippen LogP contribution in [0.5, 0.6) is 0 Å². The molecule has 1 saturated heterocycles. The number of piperidine rings is 1.